The molecule has 0 saturated carbocycles. The summed E-state index contributed by atoms with van der Waals surface area (Å²) < 4.78 is 1.29. The van der Waals surface area contributed by atoms with Crippen LogP contribution in [-0.4, -0.2) is 18.9 Å². The van der Waals surface area contributed by atoms with Crippen molar-refractivity contribution in [2.45, 2.75) is 25.7 Å². The monoisotopic (exact) mass is 327 g/mol. The van der Waals surface area contributed by atoms with Crippen LogP contribution in [0.2, 0.25) is 0 Å². The van der Waals surface area contributed by atoms with Gasteiger partial charge in [-0.25, -0.2) is 0 Å². The molecule has 3 heteroatoms. The predicted octanol–water partition coefficient (Wildman–Crippen LogP) is 2.11. The third-order valence-corrected chi connectivity index (χ3v) is 4.55. The second kappa shape index (κ2) is 4.11. The van der Waals surface area contributed by atoms with Crippen molar-refractivity contribution < 1.29 is 4.79 Å². The molecule has 16 heavy (non-hydrogen) atoms. The van der Waals surface area contributed by atoms with Gasteiger partial charge in [0.25, 0.3) is 0 Å². The molecule has 2 nitrogen and oxygen atoms in total. The zero-order valence-corrected chi connectivity index (χ0v) is 11.3. The van der Waals surface area contributed by atoms with E-state index in [4.69, 9.17) is 0 Å². The summed E-state index contributed by atoms with van der Waals surface area (Å²) in [6, 6.07) is 2.29. The Morgan fingerprint density at radius 3 is 2.75 bits per heavy atom. The zero-order valence-electron chi connectivity index (χ0n) is 9.11. The molecule has 1 aromatic carbocycles. The number of fused-ring (bicyclic) bond motifs is 3. The van der Waals surface area contributed by atoms with Gasteiger partial charge in [0.15, 0.2) is 5.78 Å². The second-order valence-corrected chi connectivity index (χ2v) is 5.68. The molecule has 1 aliphatic carbocycles. The molecule has 2 aliphatic rings. The Hall–Kier alpha value is -0.420. The van der Waals surface area contributed by atoms with E-state index in [0.29, 0.717) is 5.78 Å². The summed E-state index contributed by atoms with van der Waals surface area (Å²) in [6.45, 7) is 2.05. The van der Waals surface area contributed by atoms with Crippen LogP contribution in [0, 0.1) is 3.57 Å². The molecule has 3 rings (SSSR count). The van der Waals surface area contributed by atoms with E-state index in [0.717, 1.165) is 44.3 Å². The summed E-state index contributed by atoms with van der Waals surface area (Å²) in [7, 11) is 0. The van der Waals surface area contributed by atoms with Crippen molar-refractivity contribution in [1.82, 2.24) is 5.32 Å². The number of hydrogen-bond acceptors (Lipinski definition) is 2. The fraction of sp³-hybridized carbons (Fsp3) is 0.462. The third-order valence-electron chi connectivity index (χ3n) is 3.58. The van der Waals surface area contributed by atoms with E-state index in [-0.39, 0.29) is 0 Å². The first kappa shape index (κ1) is 10.7. The van der Waals surface area contributed by atoms with Crippen LogP contribution < -0.4 is 5.32 Å². The van der Waals surface area contributed by atoms with E-state index in [9.17, 15) is 4.79 Å². The lowest BCUT2D eigenvalue weighted by Crippen LogP contribution is -2.16. The molecule has 1 aliphatic heterocycles. The Balaban J connectivity index is 2.23. The van der Waals surface area contributed by atoms with Crippen molar-refractivity contribution in [3.63, 3.8) is 0 Å². The van der Waals surface area contributed by atoms with Gasteiger partial charge in [0.05, 0.1) is 0 Å². The van der Waals surface area contributed by atoms with Crippen molar-refractivity contribution in [2.75, 3.05) is 13.1 Å². The average molecular weight is 327 g/mol. The van der Waals surface area contributed by atoms with Crippen molar-refractivity contribution in [2.24, 2.45) is 0 Å². The maximum Gasteiger partial charge on any atom is 0.163 e. The quantitative estimate of drug-likeness (QED) is 0.740. The van der Waals surface area contributed by atoms with Gasteiger partial charge in [-0.05, 0) is 77.7 Å². The maximum atomic E-state index is 12.0. The highest BCUT2D eigenvalue weighted by Crippen LogP contribution is 2.33. The number of carbonyl (C=O) groups is 1. The summed E-state index contributed by atoms with van der Waals surface area (Å²) in [5.41, 5.74) is 5.11. The molecular formula is C13H14INO. The molecule has 0 atom stereocenters. The lowest BCUT2D eigenvalue weighted by atomic mass is 9.94. The highest BCUT2D eigenvalue weighted by atomic mass is 127. The van der Waals surface area contributed by atoms with Crippen molar-refractivity contribution in [3.8, 4) is 0 Å². The fourth-order valence-electron chi connectivity index (χ4n) is 2.80. The molecule has 1 heterocycles. The molecule has 1 N–H and O–H groups in total. The van der Waals surface area contributed by atoms with Crippen LogP contribution in [0.4, 0.5) is 0 Å². The average Bonchev–Trinajstić information content (AvgIpc) is 2.51. The number of Topliss-reactive ketones (excluding diaryl/α,β-unsaturated/α-hetero) is 1. The third kappa shape index (κ3) is 1.61. The normalized spacial score (nSPS) is 19.2. The van der Waals surface area contributed by atoms with Gasteiger partial charge >= 0.3 is 0 Å². The van der Waals surface area contributed by atoms with Crippen LogP contribution >= 0.6 is 22.6 Å². The highest BCUT2D eigenvalue weighted by molar-refractivity contribution is 14.1. The van der Waals surface area contributed by atoms with Gasteiger partial charge in [-0.2, -0.15) is 0 Å². The number of hydrogen-bond donors (Lipinski definition) is 1. The van der Waals surface area contributed by atoms with Gasteiger partial charge in [0.2, 0.25) is 0 Å². The van der Waals surface area contributed by atoms with Gasteiger partial charge in [0, 0.05) is 15.6 Å². The maximum absolute atomic E-state index is 12.0. The van der Waals surface area contributed by atoms with Crippen LogP contribution in [0.1, 0.15) is 33.5 Å². The van der Waals surface area contributed by atoms with Gasteiger partial charge in [-0.15, -0.1) is 0 Å². The van der Waals surface area contributed by atoms with Gasteiger partial charge in [0.1, 0.15) is 0 Å². The summed E-state index contributed by atoms with van der Waals surface area (Å²) in [4.78, 5) is 12.0. The first-order valence-corrected chi connectivity index (χ1v) is 6.92. The topological polar surface area (TPSA) is 29.1 Å². The Morgan fingerprint density at radius 1 is 1.06 bits per heavy atom. The minimum absolute atomic E-state index is 0.367. The minimum atomic E-state index is 0.367. The lowest BCUT2D eigenvalue weighted by Gasteiger charge is -2.12. The summed E-state index contributed by atoms with van der Waals surface area (Å²) in [6.07, 6.45) is 3.74. The molecule has 0 spiro atoms. The van der Waals surface area contributed by atoms with E-state index in [1.54, 1.807) is 0 Å². The SMILES string of the molecule is O=C1CCc2c(I)cc3c(c21)CCNCC3. The van der Waals surface area contributed by atoms with E-state index in [1.165, 1.54) is 20.3 Å². The highest BCUT2D eigenvalue weighted by Gasteiger charge is 2.27. The van der Waals surface area contributed by atoms with E-state index >= 15 is 0 Å². The van der Waals surface area contributed by atoms with Crippen molar-refractivity contribution in [1.29, 1.82) is 0 Å². The van der Waals surface area contributed by atoms with Gasteiger partial charge < -0.3 is 5.32 Å². The molecule has 0 amide bonds. The molecule has 1 aromatic rings. The summed E-state index contributed by atoms with van der Waals surface area (Å²) in [5, 5.41) is 3.41. The Labute approximate surface area is 109 Å². The van der Waals surface area contributed by atoms with Crippen LogP contribution in [0.3, 0.4) is 0 Å². The second-order valence-electron chi connectivity index (χ2n) is 4.52. The van der Waals surface area contributed by atoms with Crippen LogP contribution in [0.15, 0.2) is 6.07 Å². The van der Waals surface area contributed by atoms with Crippen LogP contribution in [-0.2, 0) is 19.3 Å². The van der Waals surface area contributed by atoms with E-state index < -0.39 is 0 Å². The number of halogens is 1. The summed E-state index contributed by atoms with van der Waals surface area (Å²) >= 11 is 2.38. The number of benzene rings is 1. The smallest absolute Gasteiger partial charge is 0.163 e. The Kier molecular flexibility index (Phi) is 2.75. The largest absolute Gasteiger partial charge is 0.316 e. The molecular weight excluding hydrogens is 313 g/mol. The number of rotatable bonds is 0. The number of nitrogens with one attached hydrogen (secondary N) is 1. The minimum Gasteiger partial charge on any atom is -0.316 e. The molecule has 0 fully saturated rings. The molecule has 0 bridgehead atoms. The molecule has 84 valence electrons. The van der Waals surface area contributed by atoms with Crippen molar-refractivity contribution in [3.05, 3.63) is 31.9 Å². The lowest BCUT2D eigenvalue weighted by molar-refractivity contribution is 0.0993. The molecule has 0 aromatic heterocycles. The molecule has 0 radical (unpaired) electrons. The van der Waals surface area contributed by atoms with Crippen molar-refractivity contribution >= 4 is 28.4 Å². The number of ketones is 1. The molecule has 0 saturated heterocycles. The van der Waals surface area contributed by atoms with Gasteiger partial charge in [-0.3, -0.25) is 4.79 Å². The van der Waals surface area contributed by atoms with Crippen LogP contribution in [0.5, 0.6) is 0 Å². The van der Waals surface area contributed by atoms with Gasteiger partial charge in [-0.1, -0.05) is 0 Å². The number of carbonyl (C=O) groups excluding carboxylic acids is 1. The summed E-state index contributed by atoms with van der Waals surface area (Å²) in [5.74, 6) is 0.367. The first-order chi connectivity index (χ1) is 7.77. The zero-order chi connectivity index (χ0) is 11.1. The van der Waals surface area contributed by atoms with E-state index in [2.05, 4.69) is 34.0 Å². The standard InChI is InChI=1S/C13H14INO/c14-11-7-8-3-5-15-6-4-9(8)13-10(11)1-2-12(13)16/h7,15H,1-6H2. The van der Waals surface area contributed by atoms with E-state index in [1.807, 2.05) is 0 Å². The van der Waals surface area contributed by atoms with Crippen LogP contribution in [0.25, 0.3) is 0 Å². The Morgan fingerprint density at radius 2 is 1.88 bits per heavy atom. The first-order valence-electron chi connectivity index (χ1n) is 5.84. The predicted molar refractivity (Wildman–Crippen MR) is 72.1 cm³/mol. The fourth-order valence-corrected chi connectivity index (χ4v) is 3.72. The molecule has 0 unspecified atom stereocenters. The Bertz CT molecular complexity index is 467.